The second kappa shape index (κ2) is 5.06. The third-order valence-corrected chi connectivity index (χ3v) is 4.16. The molecule has 8 heteroatoms. The number of imide groups is 1. The number of amides is 2. The number of aliphatic hydroxyl groups excluding tert-OH is 1. The third-order valence-electron chi connectivity index (χ3n) is 3.85. The lowest BCUT2D eigenvalue weighted by Crippen LogP contribution is -2.34. The molecular weight excluding hydrogens is 329 g/mol. The summed E-state index contributed by atoms with van der Waals surface area (Å²) in [5.41, 5.74) is -1.64. The predicted molar refractivity (Wildman–Crippen MR) is 75.6 cm³/mol. The summed E-state index contributed by atoms with van der Waals surface area (Å²) >= 11 is 5.96. The average Bonchev–Trinajstić information content (AvgIpc) is 2.92. The first-order chi connectivity index (χ1) is 10.8. The van der Waals surface area contributed by atoms with Gasteiger partial charge in [0.25, 0.3) is 11.7 Å². The van der Waals surface area contributed by atoms with E-state index in [0.717, 1.165) is 12.1 Å². The van der Waals surface area contributed by atoms with Crippen molar-refractivity contribution in [1.82, 2.24) is 4.90 Å². The predicted octanol–water partition coefficient (Wildman–Crippen LogP) is 2.17. The molecule has 2 heterocycles. The molecule has 1 saturated heterocycles. The average molecular weight is 340 g/mol. The van der Waals surface area contributed by atoms with Crippen LogP contribution in [0.2, 0.25) is 5.02 Å². The largest absolute Gasteiger partial charge is 0.501 e. The molecule has 1 aromatic rings. The third kappa shape index (κ3) is 2.19. The highest BCUT2D eigenvalue weighted by Crippen LogP contribution is 2.42. The van der Waals surface area contributed by atoms with Gasteiger partial charge in [0.05, 0.1) is 5.02 Å². The number of ether oxygens (including phenoxy) is 1. The lowest BCUT2D eigenvalue weighted by Gasteiger charge is -2.26. The molecule has 2 aliphatic rings. The van der Waals surface area contributed by atoms with Crippen molar-refractivity contribution in [3.05, 3.63) is 46.2 Å². The van der Waals surface area contributed by atoms with Gasteiger partial charge in [-0.2, -0.15) is 0 Å². The van der Waals surface area contributed by atoms with Gasteiger partial charge in [-0.3, -0.25) is 14.4 Å². The molecule has 120 valence electrons. The highest BCUT2D eigenvalue weighted by atomic mass is 35.5. The summed E-state index contributed by atoms with van der Waals surface area (Å²) in [7, 11) is 0. The van der Waals surface area contributed by atoms with Gasteiger partial charge >= 0.3 is 0 Å². The molecule has 1 fully saturated rings. The van der Waals surface area contributed by atoms with Gasteiger partial charge in [0.1, 0.15) is 5.82 Å². The Kier molecular flexibility index (Phi) is 3.40. The van der Waals surface area contributed by atoms with Crippen LogP contribution in [0.5, 0.6) is 0 Å². The highest BCUT2D eigenvalue weighted by molar-refractivity contribution is 6.32. The fourth-order valence-electron chi connectivity index (χ4n) is 2.62. The molecule has 0 spiro atoms. The van der Waals surface area contributed by atoms with Gasteiger partial charge in [0.15, 0.2) is 0 Å². The van der Waals surface area contributed by atoms with E-state index in [0.29, 0.717) is 4.90 Å². The molecule has 0 aliphatic carbocycles. The summed E-state index contributed by atoms with van der Waals surface area (Å²) in [6.45, 7) is 1.32. The second-order valence-corrected chi connectivity index (χ2v) is 5.77. The number of halogens is 2. The van der Waals surface area contributed by atoms with Crippen molar-refractivity contribution >= 4 is 29.2 Å². The van der Waals surface area contributed by atoms with Crippen molar-refractivity contribution in [2.45, 2.75) is 25.4 Å². The summed E-state index contributed by atoms with van der Waals surface area (Å²) in [5, 5.41) is 9.96. The topological polar surface area (TPSA) is 83.9 Å². The fourth-order valence-corrected chi connectivity index (χ4v) is 2.97. The minimum absolute atomic E-state index is 0.0266. The monoisotopic (exact) mass is 339 g/mol. The van der Waals surface area contributed by atoms with Crippen LogP contribution in [0, 0.1) is 5.82 Å². The normalized spacial score (nSPS) is 24.7. The van der Waals surface area contributed by atoms with Crippen LogP contribution >= 0.6 is 11.6 Å². The van der Waals surface area contributed by atoms with Gasteiger partial charge in [-0.25, -0.2) is 9.29 Å². The van der Waals surface area contributed by atoms with Crippen LogP contribution in [0.1, 0.15) is 25.3 Å². The summed E-state index contributed by atoms with van der Waals surface area (Å²) < 4.78 is 18.7. The molecule has 6 nitrogen and oxygen atoms in total. The Morgan fingerprint density at radius 1 is 1.26 bits per heavy atom. The molecule has 2 aliphatic heterocycles. The van der Waals surface area contributed by atoms with Crippen LogP contribution < -0.4 is 0 Å². The van der Waals surface area contributed by atoms with Gasteiger partial charge in [0, 0.05) is 18.4 Å². The van der Waals surface area contributed by atoms with Crippen LogP contribution in [0.3, 0.4) is 0 Å². The van der Waals surface area contributed by atoms with Gasteiger partial charge in [-0.1, -0.05) is 17.7 Å². The first-order valence-corrected chi connectivity index (χ1v) is 7.12. The molecule has 1 aromatic carbocycles. The van der Waals surface area contributed by atoms with E-state index in [-0.39, 0.29) is 23.4 Å². The van der Waals surface area contributed by atoms with Crippen LogP contribution in [-0.2, 0) is 24.7 Å². The number of aliphatic hydroxyl groups is 1. The summed E-state index contributed by atoms with van der Waals surface area (Å²) in [6, 6.07) is 3.34. The summed E-state index contributed by atoms with van der Waals surface area (Å²) in [6.07, 6.45) is -0.0532. The molecule has 3 rings (SSSR count). The van der Waals surface area contributed by atoms with Gasteiger partial charge in [-0.15, -0.1) is 0 Å². The molecule has 23 heavy (non-hydrogen) atoms. The number of Topliss-reactive ketones (excluding diaryl/α,β-unsaturated/α-hetero) is 1. The van der Waals surface area contributed by atoms with Crippen molar-refractivity contribution in [1.29, 1.82) is 0 Å². The number of ketones is 1. The summed E-state index contributed by atoms with van der Waals surface area (Å²) in [4.78, 5) is 36.6. The summed E-state index contributed by atoms with van der Waals surface area (Å²) in [5.74, 6) is -3.96. The van der Waals surface area contributed by atoms with E-state index in [4.69, 9.17) is 16.3 Å². The van der Waals surface area contributed by atoms with Crippen molar-refractivity contribution in [3.63, 3.8) is 0 Å². The number of rotatable bonds is 2. The SMILES string of the molecule is CC1(c2ccc(F)cc2Cl)OC(N2C(=O)CCC2=O)=C(O)C1=O. The van der Waals surface area contributed by atoms with E-state index in [1.54, 1.807) is 0 Å². The number of likely N-dealkylation sites (tertiary alicyclic amines) is 1. The Bertz CT molecular complexity index is 774. The zero-order valence-electron chi connectivity index (χ0n) is 11.9. The van der Waals surface area contributed by atoms with Crippen molar-refractivity contribution < 1.29 is 28.6 Å². The maximum atomic E-state index is 13.2. The first-order valence-electron chi connectivity index (χ1n) is 6.74. The lowest BCUT2D eigenvalue weighted by molar-refractivity contribution is -0.144. The van der Waals surface area contributed by atoms with Crippen LogP contribution in [0.4, 0.5) is 4.39 Å². The molecule has 1 atom stereocenters. The van der Waals surface area contributed by atoms with Gasteiger partial charge in [0.2, 0.25) is 23.2 Å². The van der Waals surface area contributed by atoms with Crippen molar-refractivity contribution in [2.75, 3.05) is 0 Å². The Hall–Kier alpha value is -2.41. The maximum Gasteiger partial charge on any atom is 0.252 e. The Morgan fingerprint density at radius 3 is 2.43 bits per heavy atom. The van der Waals surface area contributed by atoms with Crippen LogP contribution in [-0.4, -0.2) is 27.6 Å². The number of nitrogens with zero attached hydrogens (tertiary/aromatic N) is 1. The molecular formula is C15H11ClFNO5. The van der Waals surface area contributed by atoms with E-state index < -0.39 is 40.7 Å². The van der Waals surface area contributed by atoms with Crippen molar-refractivity contribution in [2.24, 2.45) is 0 Å². The quantitative estimate of drug-likeness (QED) is 0.835. The number of carbonyl (C=O) groups is 3. The molecule has 0 radical (unpaired) electrons. The van der Waals surface area contributed by atoms with E-state index in [1.165, 1.54) is 13.0 Å². The van der Waals surface area contributed by atoms with E-state index in [2.05, 4.69) is 0 Å². The van der Waals surface area contributed by atoms with E-state index in [9.17, 15) is 23.9 Å². The number of carbonyl (C=O) groups excluding carboxylic acids is 3. The van der Waals surface area contributed by atoms with E-state index >= 15 is 0 Å². The molecule has 1 N–H and O–H groups in total. The van der Waals surface area contributed by atoms with Crippen molar-refractivity contribution in [3.8, 4) is 0 Å². The Balaban J connectivity index is 2.04. The Morgan fingerprint density at radius 2 is 1.87 bits per heavy atom. The number of hydrogen-bond donors (Lipinski definition) is 1. The number of benzene rings is 1. The smallest absolute Gasteiger partial charge is 0.252 e. The minimum Gasteiger partial charge on any atom is -0.501 e. The first kappa shape index (κ1) is 15.5. The molecule has 0 aromatic heterocycles. The highest BCUT2D eigenvalue weighted by Gasteiger charge is 2.52. The Labute approximate surface area is 135 Å². The maximum absolute atomic E-state index is 13.2. The molecule has 2 amide bonds. The standard InChI is InChI=1S/C15H11ClFNO5/c1-15(8-3-2-7(17)6-9(8)16)13(22)12(21)14(23-15)18-10(19)4-5-11(18)20/h2-3,6,21H,4-5H2,1H3. The van der Waals surface area contributed by atoms with Crippen LogP contribution in [0.15, 0.2) is 29.8 Å². The van der Waals surface area contributed by atoms with E-state index in [1.807, 2.05) is 0 Å². The molecule has 0 saturated carbocycles. The zero-order valence-corrected chi connectivity index (χ0v) is 12.7. The zero-order chi connectivity index (χ0) is 16.9. The van der Waals surface area contributed by atoms with Gasteiger partial charge in [-0.05, 0) is 19.1 Å². The minimum atomic E-state index is -1.76. The lowest BCUT2D eigenvalue weighted by atomic mass is 9.91. The molecule has 1 unspecified atom stereocenters. The molecule has 0 bridgehead atoms. The second-order valence-electron chi connectivity index (χ2n) is 5.37. The van der Waals surface area contributed by atoms with Gasteiger partial charge < -0.3 is 9.84 Å². The fraction of sp³-hybridized carbons (Fsp3) is 0.267. The number of hydrogen-bond acceptors (Lipinski definition) is 5. The van der Waals surface area contributed by atoms with Crippen LogP contribution in [0.25, 0.3) is 0 Å².